The van der Waals surface area contributed by atoms with Gasteiger partial charge in [0.1, 0.15) is 11.6 Å². The highest BCUT2D eigenvalue weighted by Gasteiger charge is 2.21. The molecule has 0 atom stereocenters. The molecule has 3 rings (SSSR count). The fraction of sp³-hybridized carbons (Fsp3) is 0.300. The topological polar surface area (TPSA) is 51.3 Å². The van der Waals surface area contributed by atoms with Gasteiger partial charge in [-0.3, -0.25) is 4.79 Å². The van der Waals surface area contributed by atoms with Crippen LogP contribution in [-0.4, -0.2) is 20.4 Å². The van der Waals surface area contributed by atoms with Gasteiger partial charge < -0.3 is 13.9 Å². The molecular formula is C20H21Cl2N3O2. The van der Waals surface area contributed by atoms with Gasteiger partial charge in [0.15, 0.2) is 0 Å². The van der Waals surface area contributed by atoms with Crippen LogP contribution in [0.3, 0.4) is 0 Å². The quantitative estimate of drug-likeness (QED) is 0.554. The molecule has 0 aliphatic carbocycles. The normalized spacial score (nSPS) is 11.1. The van der Waals surface area contributed by atoms with Crippen LogP contribution in [0.15, 0.2) is 53.4 Å². The minimum atomic E-state index is -0.117. The van der Waals surface area contributed by atoms with Crippen molar-refractivity contribution in [2.24, 2.45) is 5.92 Å². The molecule has 5 nitrogen and oxygen atoms in total. The van der Waals surface area contributed by atoms with Gasteiger partial charge in [0.2, 0.25) is 5.91 Å². The van der Waals surface area contributed by atoms with Crippen LogP contribution in [0, 0.1) is 5.92 Å². The van der Waals surface area contributed by atoms with E-state index in [-0.39, 0.29) is 11.8 Å². The predicted molar refractivity (Wildman–Crippen MR) is 106 cm³/mol. The van der Waals surface area contributed by atoms with E-state index in [9.17, 15) is 4.79 Å². The Morgan fingerprint density at radius 1 is 1.26 bits per heavy atom. The highest BCUT2D eigenvalue weighted by molar-refractivity contribution is 6.35. The lowest BCUT2D eigenvalue weighted by Gasteiger charge is -2.24. The molecule has 0 unspecified atom stereocenters. The molecule has 3 aromatic rings. The van der Waals surface area contributed by atoms with Crippen molar-refractivity contribution in [1.82, 2.24) is 14.5 Å². The van der Waals surface area contributed by atoms with E-state index in [1.54, 1.807) is 23.4 Å². The Balaban J connectivity index is 1.80. The van der Waals surface area contributed by atoms with Crippen LogP contribution in [0.1, 0.15) is 31.0 Å². The fourth-order valence-electron chi connectivity index (χ4n) is 2.81. The Kier molecular flexibility index (Phi) is 6.24. The molecule has 0 N–H and O–H groups in total. The van der Waals surface area contributed by atoms with Gasteiger partial charge in [-0.1, -0.05) is 43.1 Å². The lowest BCUT2D eigenvalue weighted by atomic mass is 10.2. The third kappa shape index (κ3) is 4.93. The van der Waals surface area contributed by atoms with E-state index in [1.807, 2.05) is 48.9 Å². The molecular weight excluding hydrogens is 385 g/mol. The number of amides is 1. The van der Waals surface area contributed by atoms with Crippen LogP contribution in [0.5, 0.6) is 0 Å². The van der Waals surface area contributed by atoms with Crippen molar-refractivity contribution in [2.75, 3.05) is 0 Å². The van der Waals surface area contributed by atoms with E-state index in [0.717, 1.165) is 17.1 Å². The number of benzene rings is 1. The smallest absolute Gasteiger partial charge is 0.225 e. The van der Waals surface area contributed by atoms with E-state index in [2.05, 4.69) is 4.98 Å². The standard InChI is InChI=1S/C20H21Cl2N3O2/c1-14(2)20(26)25(12-17-4-3-9-27-17)13-19-23-7-8-24(19)11-15-5-6-16(21)10-18(15)22/h3-10,14H,11-13H2,1-2H3. The van der Waals surface area contributed by atoms with Gasteiger partial charge in [-0.2, -0.15) is 0 Å². The highest BCUT2D eigenvalue weighted by Crippen LogP contribution is 2.22. The Hall–Kier alpha value is -2.24. The van der Waals surface area contributed by atoms with Crippen molar-refractivity contribution >= 4 is 29.1 Å². The zero-order chi connectivity index (χ0) is 19.4. The monoisotopic (exact) mass is 405 g/mol. The summed E-state index contributed by atoms with van der Waals surface area (Å²) >= 11 is 12.3. The van der Waals surface area contributed by atoms with Crippen LogP contribution in [0.2, 0.25) is 10.0 Å². The number of carbonyl (C=O) groups excluding carboxylic acids is 1. The first-order chi connectivity index (χ1) is 12.9. The lowest BCUT2D eigenvalue weighted by molar-refractivity contribution is -0.136. The minimum Gasteiger partial charge on any atom is -0.467 e. The van der Waals surface area contributed by atoms with E-state index in [0.29, 0.717) is 29.7 Å². The maximum Gasteiger partial charge on any atom is 0.225 e. The first kappa shape index (κ1) is 19.5. The molecule has 0 saturated heterocycles. The zero-order valence-electron chi connectivity index (χ0n) is 15.2. The lowest BCUT2D eigenvalue weighted by Crippen LogP contribution is -2.34. The average Bonchev–Trinajstić information content (AvgIpc) is 3.28. The Labute approximate surface area is 168 Å². The molecule has 2 aromatic heterocycles. The maximum atomic E-state index is 12.7. The number of nitrogens with zero attached hydrogens (tertiary/aromatic N) is 3. The number of carbonyl (C=O) groups is 1. The predicted octanol–water partition coefficient (Wildman–Crippen LogP) is 5.02. The van der Waals surface area contributed by atoms with Crippen molar-refractivity contribution in [1.29, 1.82) is 0 Å². The second kappa shape index (κ2) is 8.63. The van der Waals surface area contributed by atoms with Crippen molar-refractivity contribution in [3.05, 3.63) is 76.2 Å². The molecule has 0 spiro atoms. The molecule has 0 fully saturated rings. The number of hydrogen-bond donors (Lipinski definition) is 0. The van der Waals surface area contributed by atoms with Gasteiger partial charge in [-0.05, 0) is 29.8 Å². The second-order valence-electron chi connectivity index (χ2n) is 6.64. The third-order valence-corrected chi connectivity index (χ3v) is 4.81. The molecule has 2 heterocycles. The molecule has 1 amide bonds. The van der Waals surface area contributed by atoms with Crippen LogP contribution in [0.4, 0.5) is 0 Å². The molecule has 7 heteroatoms. The number of imidazole rings is 1. The summed E-state index contributed by atoms with van der Waals surface area (Å²) in [4.78, 5) is 18.9. The molecule has 27 heavy (non-hydrogen) atoms. The molecule has 0 aliphatic heterocycles. The molecule has 0 radical (unpaired) electrons. The summed E-state index contributed by atoms with van der Waals surface area (Å²) in [5.41, 5.74) is 0.938. The van der Waals surface area contributed by atoms with Crippen LogP contribution < -0.4 is 0 Å². The molecule has 1 aromatic carbocycles. The van der Waals surface area contributed by atoms with Gasteiger partial charge >= 0.3 is 0 Å². The fourth-order valence-corrected chi connectivity index (χ4v) is 3.28. The van der Waals surface area contributed by atoms with Crippen LogP contribution in [-0.2, 0) is 24.4 Å². The van der Waals surface area contributed by atoms with Gasteiger partial charge in [0.05, 0.1) is 25.9 Å². The van der Waals surface area contributed by atoms with Crippen molar-refractivity contribution in [3.63, 3.8) is 0 Å². The summed E-state index contributed by atoms with van der Waals surface area (Å²) in [7, 11) is 0. The average molecular weight is 406 g/mol. The molecule has 0 aliphatic rings. The molecule has 0 bridgehead atoms. The van der Waals surface area contributed by atoms with Gasteiger partial charge in [0.25, 0.3) is 0 Å². The summed E-state index contributed by atoms with van der Waals surface area (Å²) in [6.45, 7) is 5.11. The number of halogens is 2. The van der Waals surface area contributed by atoms with Gasteiger partial charge in [0, 0.05) is 28.4 Å². The van der Waals surface area contributed by atoms with E-state index < -0.39 is 0 Å². The number of hydrogen-bond acceptors (Lipinski definition) is 3. The van der Waals surface area contributed by atoms with Crippen LogP contribution in [0.25, 0.3) is 0 Å². The second-order valence-corrected chi connectivity index (χ2v) is 7.48. The minimum absolute atomic E-state index is 0.0467. The molecule has 0 saturated carbocycles. The Bertz CT molecular complexity index is 904. The maximum absolute atomic E-state index is 12.7. The summed E-state index contributed by atoms with van der Waals surface area (Å²) in [6.07, 6.45) is 5.21. The largest absolute Gasteiger partial charge is 0.467 e. The summed E-state index contributed by atoms with van der Waals surface area (Å²) in [6, 6.07) is 9.11. The Morgan fingerprint density at radius 2 is 2.07 bits per heavy atom. The number of furan rings is 1. The Morgan fingerprint density at radius 3 is 2.74 bits per heavy atom. The van der Waals surface area contributed by atoms with E-state index >= 15 is 0 Å². The van der Waals surface area contributed by atoms with E-state index in [1.165, 1.54) is 0 Å². The first-order valence-electron chi connectivity index (χ1n) is 8.69. The van der Waals surface area contributed by atoms with Crippen molar-refractivity contribution in [2.45, 2.75) is 33.5 Å². The first-order valence-corrected chi connectivity index (χ1v) is 9.44. The van der Waals surface area contributed by atoms with Crippen LogP contribution >= 0.6 is 23.2 Å². The van der Waals surface area contributed by atoms with E-state index in [4.69, 9.17) is 27.6 Å². The summed E-state index contributed by atoms with van der Waals surface area (Å²) < 4.78 is 7.40. The highest BCUT2D eigenvalue weighted by atomic mass is 35.5. The van der Waals surface area contributed by atoms with Gasteiger partial charge in [-0.15, -0.1) is 0 Å². The third-order valence-electron chi connectivity index (χ3n) is 4.22. The summed E-state index contributed by atoms with van der Waals surface area (Å²) in [5, 5.41) is 1.20. The number of rotatable bonds is 7. The number of aromatic nitrogens is 2. The van der Waals surface area contributed by atoms with Gasteiger partial charge in [-0.25, -0.2) is 4.98 Å². The van der Waals surface area contributed by atoms with Crippen molar-refractivity contribution < 1.29 is 9.21 Å². The SMILES string of the molecule is CC(C)C(=O)N(Cc1ccco1)Cc1nccn1Cc1ccc(Cl)cc1Cl. The summed E-state index contributed by atoms with van der Waals surface area (Å²) in [5.74, 6) is 1.45. The zero-order valence-corrected chi connectivity index (χ0v) is 16.7. The van der Waals surface area contributed by atoms with Crippen molar-refractivity contribution in [3.8, 4) is 0 Å². The molecule has 142 valence electrons.